The summed E-state index contributed by atoms with van der Waals surface area (Å²) in [5.74, 6) is 0.881. The maximum Gasteiger partial charge on any atom is 0.340 e. The topological polar surface area (TPSA) is 156 Å². The predicted molar refractivity (Wildman–Crippen MR) is 194 cm³/mol. The number of benzene rings is 4. The molecule has 0 radical (unpaired) electrons. The average molecular weight is 717 g/mol. The monoisotopic (exact) mass is 716 g/mol. The van der Waals surface area contributed by atoms with Crippen molar-refractivity contribution in [1.82, 2.24) is 19.9 Å². The minimum absolute atomic E-state index is 0.0129. The summed E-state index contributed by atoms with van der Waals surface area (Å²) in [7, 11) is 0. The van der Waals surface area contributed by atoms with Crippen LogP contribution in [0, 0.1) is 0 Å². The Bertz CT molecular complexity index is 2160. The summed E-state index contributed by atoms with van der Waals surface area (Å²) in [4.78, 5) is 29.7. The molecule has 4 heterocycles. The molecule has 2 atom stereocenters. The number of halogens is 1. The Balaban J connectivity index is 1.02. The second-order valence-corrected chi connectivity index (χ2v) is 14.5. The van der Waals surface area contributed by atoms with Crippen molar-refractivity contribution in [3.63, 3.8) is 0 Å². The van der Waals surface area contributed by atoms with Crippen LogP contribution in [0.15, 0.2) is 84.9 Å². The molecule has 1 saturated carbocycles. The fraction of sp³-hybridized carbons (Fsp3) is 0.300. The molecule has 11 nitrogen and oxygen atoms in total. The first kappa shape index (κ1) is 32.7. The van der Waals surface area contributed by atoms with Gasteiger partial charge in [-0.05, 0) is 85.3 Å². The lowest BCUT2D eigenvalue weighted by atomic mass is 9.73. The molecule has 5 N–H and O–H groups in total. The zero-order chi connectivity index (χ0) is 35.6. The first-order valence-electron chi connectivity index (χ1n) is 17.7. The number of aromatic hydroxyl groups is 2. The number of nitrogens with one attached hydrogen (secondary N) is 1. The number of hydrogen-bond donors (Lipinski definition) is 4. The van der Waals surface area contributed by atoms with Gasteiger partial charge in [0.25, 0.3) is 0 Å². The highest BCUT2D eigenvalue weighted by atomic mass is 35.5. The van der Waals surface area contributed by atoms with Crippen molar-refractivity contribution >= 4 is 29.2 Å². The van der Waals surface area contributed by atoms with E-state index in [9.17, 15) is 15.0 Å². The first-order valence-corrected chi connectivity index (χ1v) is 18.1. The summed E-state index contributed by atoms with van der Waals surface area (Å²) in [5.41, 5.74) is 9.43. The van der Waals surface area contributed by atoms with Gasteiger partial charge in [0.1, 0.15) is 28.8 Å². The van der Waals surface area contributed by atoms with Gasteiger partial charge >= 0.3 is 5.97 Å². The number of anilines is 2. The van der Waals surface area contributed by atoms with Gasteiger partial charge in [0, 0.05) is 52.5 Å². The number of phenols is 2. The molecule has 2 unspecified atom stereocenters. The Kier molecular flexibility index (Phi) is 7.83. The zero-order valence-electron chi connectivity index (χ0n) is 28.3. The summed E-state index contributed by atoms with van der Waals surface area (Å²) in [6.07, 6.45) is 7.13. The van der Waals surface area contributed by atoms with Crippen LogP contribution in [0.2, 0.25) is 5.28 Å². The van der Waals surface area contributed by atoms with E-state index in [0.29, 0.717) is 51.7 Å². The Hall–Kier alpha value is -5.23. The number of hydrogen-bond acceptors (Lipinski definition) is 11. The van der Waals surface area contributed by atoms with E-state index in [1.807, 2.05) is 6.07 Å². The number of phenolic OH excluding ortho intramolecular Hbond substituents is 2. The van der Waals surface area contributed by atoms with Gasteiger partial charge < -0.3 is 30.7 Å². The van der Waals surface area contributed by atoms with Crippen molar-refractivity contribution in [1.29, 1.82) is 0 Å². The third kappa shape index (κ3) is 5.25. The SMILES string of the molecule is NC1CC(c2nc(Cl)nc(Nc3ccc4c(c3)C3(OC4=O)c4ccc(O)cc4Oc4cc(O)ccc43)n2)CCN1C1(c2ccccc2)CCCCC1. The van der Waals surface area contributed by atoms with Crippen LogP contribution in [0.4, 0.5) is 11.6 Å². The zero-order valence-corrected chi connectivity index (χ0v) is 29.0. The van der Waals surface area contributed by atoms with E-state index < -0.39 is 11.6 Å². The van der Waals surface area contributed by atoms with Crippen LogP contribution >= 0.6 is 11.6 Å². The molecule has 1 spiro atoms. The lowest BCUT2D eigenvalue weighted by Crippen LogP contribution is -2.58. The molecule has 4 aliphatic rings. The third-order valence-electron chi connectivity index (χ3n) is 11.2. The molecule has 2 fully saturated rings. The number of likely N-dealkylation sites (tertiary alicyclic amines) is 1. The van der Waals surface area contributed by atoms with E-state index >= 15 is 0 Å². The lowest BCUT2D eigenvalue weighted by molar-refractivity contribution is -0.0162. The standard InChI is InChI=1S/C40H37ClN6O5/c41-37-44-35(23-15-18-47(34(42)19-23)39(16-5-2-6-17-39)24-7-3-1-4-8-24)45-38(46-37)43-25-9-12-28-31(20-25)40(52-36(28)50)29-13-10-26(48)21-32(29)51-33-22-27(49)11-14-30(33)40/h1,3-4,7-14,20-23,34,48-49H,2,5-6,15-19,42H2,(H,43,44,45,46). The number of ether oxygens (including phenoxy) is 2. The Labute approximate surface area is 305 Å². The van der Waals surface area contributed by atoms with Gasteiger partial charge in [0.15, 0.2) is 5.60 Å². The Morgan fingerprint density at radius 3 is 2.25 bits per heavy atom. The third-order valence-corrected chi connectivity index (χ3v) is 11.4. The molecule has 4 aromatic carbocycles. The molecule has 0 bridgehead atoms. The highest BCUT2D eigenvalue weighted by molar-refractivity contribution is 6.28. The lowest BCUT2D eigenvalue weighted by Gasteiger charge is -2.52. The van der Waals surface area contributed by atoms with Crippen molar-refractivity contribution < 1.29 is 24.5 Å². The van der Waals surface area contributed by atoms with Crippen LogP contribution in [-0.4, -0.2) is 48.7 Å². The Morgan fingerprint density at radius 1 is 0.846 bits per heavy atom. The molecular formula is C40H37ClN6O5. The molecule has 5 aromatic rings. The number of aromatic nitrogens is 3. The van der Waals surface area contributed by atoms with Crippen molar-refractivity contribution in [2.24, 2.45) is 5.73 Å². The summed E-state index contributed by atoms with van der Waals surface area (Å²) >= 11 is 6.53. The second-order valence-electron chi connectivity index (χ2n) is 14.1. The van der Waals surface area contributed by atoms with E-state index in [1.54, 1.807) is 24.3 Å². The van der Waals surface area contributed by atoms with E-state index in [2.05, 4.69) is 50.5 Å². The summed E-state index contributed by atoms with van der Waals surface area (Å²) in [5, 5.41) is 23.9. The molecule has 12 heteroatoms. The van der Waals surface area contributed by atoms with Crippen LogP contribution in [-0.2, 0) is 15.9 Å². The van der Waals surface area contributed by atoms with E-state index in [1.165, 1.54) is 49.1 Å². The number of carbonyl (C=O) groups excluding carboxylic acids is 1. The molecule has 9 rings (SSSR count). The maximum atomic E-state index is 13.4. The first-order chi connectivity index (χ1) is 25.2. The highest BCUT2D eigenvalue weighted by Crippen LogP contribution is 2.57. The molecular weight excluding hydrogens is 680 g/mol. The smallest absolute Gasteiger partial charge is 0.340 e. The largest absolute Gasteiger partial charge is 0.508 e. The quantitative estimate of drug-likeness (QED) is 0.133. The summed E-state index contributed by atoms with van der Waals surface area (Å²) in [6.45, 7) is 0.815. The van der Waals surface area contributed by atoms with Crippen molar-refractivity contribution in [3.05, 3.63) is 124 Å². The number of rotatable bonds is 5. The molecule has 0 amide bonds. The van der Waals surface area contributed by atoms with Crippen LogP contribution < -0.4 is 15.8 Å². The minimum Gasteiger partial charge on any atom is -0.508 e. The molecule has 1 aromatic heterocycles. The maximum absolute atomic E-state index is 13.4. The number of carbonyl (C=O) groups is 1. The van der Waals surface area contributed by atoms with Crippen LogP contribution in [0.5, 0.6) is 23.0 Å². The molecule has 1 saturated heterocycles. The number of nitrogens with two attached hydrogens (primary N) is 1. The predicted octanol–water partition coefficient (Wildman–Crippen LogP) is 7.57. The van der Waals surface area contributed by atoms with Gasteiger partial charge in [-0.15, -0.1) is 0 Å². The summed E-state index contributed by atoms with van der Waals surface area (Å²) in [6, 6.07) is 25.4. The number of esters is 1. The number of fused-ring (bicyclic) bond motifs is 6. The molecule has 1 aliphatic carbocycles. The number of nitrogens with zero attached hydrogens (tertiary/aromatic N) is 4. The highest BCUT2D eigenvalue weighted by Gasteiger charge is 2.54. The summed E-state index contributed by atoms with van der Waals surface area (Å²) < 4.78 is 12.3. The fourth-order valence-electron chi connectivity index (χ4n) is 8.90. The van der Waals surface area contributed by atoms with Crippen molar-refractivity contribution in [2.75, 3.05) is 11.9 Å². The number of piperidine rings is 1. The molecule has 264 valence electrons. The van der Waals surface area contributed by atoms with E-state index in [4.69, 9.17) is 31.8 Å². The van der Waals surface area contributed by atoms with Gasteiger partial charge in [0.2, 0.25) is 11.2 Å². The normalized spacial score (nSPS) is 21.4. The van der Waals surface area contributed by atoms with E-state index in [-0.39, 0.29) is 40.4 Å². The van der Waals surface area contributed by atoms with E-state index in [0.717, 1.165) is 25.8 Å². The van der Waals surface area contributed by atoms with Gasteiger partial charge in [0.05, 0.1) is 11.7 Å². The average Bonchev–Trinajstić information content (AvgIpc) is 3.43. The van der Waals surface area contributed by atoms with Gasteiger partial charge in [-0.1, -0.05) is 49.6 Å². The molecule has 3 aliphatic heterocycles. The molecule has 52 heavy (non-hydrogen) atoms. The van der Waals surface area contributed by atoms with Crippen molar-refractivity contribution in [2.45, 2.75) is 68.2 Å². The van der Waals surface area contributed by atoms with Gasteiger partial charge in [-0.2, -0.15) is 9.97 Å². The second kappa shape index (κ2) is 12.5. The van der Waals surface area contributed by atoms with Gasteiger partial charge in [-0.3, -0.25) is 4.90 Å². The van der Waals surface area contributed by atoms with Crippen LogP contribution in [0.3, 0.4) is 0 Å². The van der Waals surface area contributed by atoms with Crippen LogP contribution in [0.25, 0.3) is 0 Å². The Morgan fingerprint density at radius 2 is 1.56 bits per heavy atom. The van der Waals surface area contributed by atoms with Crippen LogP contribution in [0.1, 0.15) is 89.3 Å². The van der Waals surface area contributed by atoms with Gasteiger partial charge in [-0.25, -0.2) is 9.78 Å². The fourth-order valence-corrected chi connectivity index (χ4v) is 9.07. The van der Waals surface area contributed by atoms with Crippen molar-refractivity contribution in [3.8, 4) is 23.0 Å². The minimum atomic E-state index is -1.41.